The molecule has 0 bridgehead atoms. The van der Waals surface area contributed by atoms with E-state index in [1.54, 1.807) is 6.20 Å². The van der Waals surface area contributed by atoms with Crippen LogP contribution in [0.2, 0.25) is 0 Å². The first-order chi connectivity index (χ1) is 6.86. The highest BCUT2D eigenvalue weighted by molar-refractivity contribution is 5.42. The third-order valence-electron chi connectivity index (χ3n) is 2.54. The average Bonchev–Trinajstić information content (AvgIpc) is 3.03. The van der Waals surface area contributed by atoms with Crippen molar-refractivity contribution in [3.05, 3.63) is 24.5 Å². The third-order valence-corrected chi connectivity index (χ3v) is 2.54. The van der Waals surface area contributed by atoms with E-state index < -0.39 is 0 Å². The molecule has 3 nitrogen and oxygen atoms in total. The Labute approximate surface area is 85.1 Å². The number of nitrogens with zero attached hydrogens (tertiary/aromatic N) is 2. The van der Waals surface area contributed by atoms with Crippen LogP contribution in [0, 0.1) is 0 Å². The van der Waals surface area contributed by atoms with Gasteiger partial charge in [0.2, 0.25) is 0 Å². The standard InChI is InChI=1S/C11H17N3/c1-14(8-7-13-10-4-5-10)11-3-2-6-12-9-11/h2-3,6,9-10,13H,4-5,7-8H2,1H3. The van der Waals surface area contributed by atoms with Crippen molar-refractivity contribution in [3.8, 4) is 0 Å². The van der Waals surface area contributed by atoms with E-state index in [-0.39, 0.29) is 0 Å². The van der Waals surface area contributed by atoms with E-state index in [0.717, 1.165) is 19.1 Å². The van der Waals surface area contributed by atoms with Gasteiger partial charge in [0.25, 0.3) is 0 Å². The summed E-state index contributed by atoms with van der Waals surface area (Å²) in [6.45, 7) is 2.11. The molecule has 0 aliphatic heterocycles. The van der Waals surface area contributed by atoms with Gasteiger partial charge in [-0.1, -0.05) is 0 Å². The zero-order valence-corrected chi connectivity index (χ0v) is 8.61. The van der Waals surface area contributed by atoms with Crippen molar-refractivity contribution in [2.45, 2.75) is 18.9 Å². The normalized spacial score (nSPS) is 15.5. The number of anilines is 1. The molecule has 0 amide bonds. The van der Waals surface area contributed by atoms with Gasteiger partial charge in [0.05, 0.1) is 11.9 Å². The monoisotopic (exact) mass is 191 g/mol. The molecule has 76 valence electrons. The van der Waals surface area contributed by atoms with Crippen LogP contribution in [0.5, 0.6) is 0 Å². The van der Waals surface area contributed by atoms with Crippen LogP contribution >= 0.6 is 0 Å². The fourth-order valence-electron chi connectivity index (χ4n) is 1.43. The molecule has 0 atom stereocenters. The van der Waals surface area contributed by atoms with Gasteiger partial charge in [-0.2, -0.15) is 0 Å². The van der Waals surface area contributed by atoms with Crippen LogP contribution in [-0.4, -0.2) is 31.2 Å². The highest BCUT2D eigenvalue weighted by Crippen LogP contribution is 2.18. The molecule has 0 radical (unpaired) electrons. The minimum absolute atomic E-state index is 0.803. The molecular formula is C11H17N3. The molecule has 1 N–H and O–H groups in total. The number of hydrogen-bond donors (Lipinski definition) is 1. The summed E-state index contributed by atoms with van der Waals surface area (Å²) in [5.41, 5.74) is 1.19. The second-order valence-electron chi connectivity index (χ2n) is 3.86. The lowest BCUT2D eigenvalue weighted by atomic mass is 10.4. The number of likely N-dealkylation sites (N-methyl/N-ethyl adjacent to an activating group) is 1. The summed E-state index contributed by atoms with van der Waals surface area (Å²) in [6.07, 6.45) is 6.42. The van der Waals surface area contributed by atoms with Crippen molar-refractivity contribution >= 4 is 5.69 Å². The molecule has 1 aliphatic carbocycles. The molecule has 2 rings (SSSR count). The summed E-state index contributed by atoms with van der Waals surface area (Å²) in [7, 11) is 2.10. The highest BCUT2D eigenvalue weighted by Gasteiger charge is 2.19. The molecule has 1 aromatic heterocycles. The van der Waals surface area contributed by atoms with Crippen molar-refractivity contribution in [2.24, 2.45) is 0 Å². The lowest BCUT2D eigenvalue weighted by Crippen LogP contribution is -2.30. The Balaban J connectivity index is 1.74. The zero-order valence-electron chi connectivity index (χ0n) is 8.61. The summed E-state index contributed by atoms with van der Waals surface area (Å²) < 4.78 is 0. The molecular weight excluding hydrogens is 174 g/mol. The Morgan fingerprint density at radius 2 is 2.43 bits per heavy atom. The second kappa shape index (κ2) is 4.42. The average molecular weight is 191 g/mol. The molecule has 0 spiro atoms. The summed E-state index contributed by atoms with van der Waals surface area (Å²) in [4.78, 5) is 6.32. The van der Waals surface area contributed by atoms with E-state index in [9.17, 15) is 0 Å². The number of pyridine rings is 1. The minimum Gasteiger partial charge on any atom is -0.372 e. The Morgan fingerprint density at radius 1 is 1.57 bits per heavy atom. The predicted octanol–water partition coefficient (Wildman–Crippen LogP) is 1.27. The lowest BCUT2D eigenvalue weighted by Gasteiger charge is -2.18. The Morgan fingerprint density at radius 3 is 3.07 bits per heavy atom. The number of rotatable bonds is 5. The molecule has 1 fully saturated rings. The summed E-state index contributed by atoms with van der Waals surface area (Å²) in [5.74, 6) is 0. The molecule has 14 heavy (non-hydrogen) atoms. The van der Waals surface area contributed by atoms with Crippen molar-refractivity contribution in [2.75, 3.05) is 25.0 Å². The summed E-state index contributed by atoms with van der Waals surface area (Å²) in [5, 5.41) is 3.50. The van der Waals surface area contributed by atoms with Crippen molar-refractivity contribution in [1.82, 2.24) is 10.3 Å². The molecule has 1 aliphatic rings. The first kappa shape index (κ1) is 9.46. The van der Waals surface area contributed by atoms with Gasteiger partial charge in [0.1, 0.15) is 0 Å². The number of hydrogen-bond acceptors (Lipinski definition) is 3. The van der Waals surface area contributed by atoms with Gasteiger partial charge in [-0.15, -0.1) is 0 Å². The summed E-state index contributed by atoms with van der Waals surface area (Å²) in [6, 6.07) is 4.86. The third kappa shape index (κ3) is 2.70. The molecule has 0 saturated heterocycles. The zero-order chi connectivity index (χ0) is 9.80. The fraction of sp³-hybridized carbons (Fsp3) is 0.545. The molecule has 0 aromatic carbocycles. The van der Waals surface area contributed by atoms with E-state index in [1.165, 1.54) is 18.5 Å². The minimum atomic E-state index is 0.803. The van der Waals surface area contributed by atoms with Gasteiger partial charge < -0.3 is 10.2 Å². The van der Waals surface area contributed by atoms with E-state index >= 15 is 0 Å². The first-order valence-electron chi connectivity index (χ1n) is 5.21. The smallest absolute Gasteiger partial charge is 0.0550 e. The second-order valence-corrected chi connectivity index (χ2v) is 3.86. The van der Waals surface area contributed by atoms with Crippen molar-refractivity contribution in [3.63, 3.8) is 0 Å². The maximum Gasteiger partial charge on any atom is 0.0550 e. The van der Waals surface area contributed by atoms with Gasteiger partial charge in [-0.3, -0.25) is 4.98 Å². The summed E-state index contributed by atoms with van der Waals surface area (Å²) >= 11 is 0. The van der Waals surface area contributed by atoms with Crippen molar-refractivity contribution in [1.29, 1.82) is 0 Å². The van der Waals surface area contributed by atoms with Crippen LogP contribution in [0.1, 0.15) is 12.8 Å². The van der Waals surface area contributed by atoms with Crippen molar-refractivity contribution < 1.29 is 0 Å². The van der Waals surface area contributed by atoms with Crippen LogP contribution in [0.25, 0.3) is 0 Å². The first-order valence-corrected chi connectivity index (χ1v) is 5.21. The van der Waals surface area contributed by atoms with E-state index in [0.29, 0.717) is 0 Å². The predicted molar refractivity (Wildman–Crippen MR) is 58.5 cm³/mol. The maximum atomic E-state index is 4.10. The maximum absolute atomic E-state index is 4.10. The highest BCUT2D eigenvalue weighted by atomic mass is 15.1. The number of aromatic nitrogens is 1. The van der Waals surface area contributed by atoms with Crippen LogP contribution in [0.3, 0.4) is 0 Å². The Bertz CT molecular complexity index is 269. The van der Waals surface area contributed by atoms with Gasteiger partial charge in [-0.25, -0.2) is 0 Å². The van der Waals surface area contributed by atoms with Crippen LogP contribution < -0.4 is 10.2 Å². The van der Waals surface area contributed by atoms with Crippen LogP contribution in [0.15, 0.2) is 24.5 Å². The SMILES string of the molecule is CN(CCNC1CC1)c1cccnc1. The largest absolute Gasteiger partial charge is 0.372 e. The molecule has 1 heterocycles. The molecule has 1 saturated carbocycles. The Hall–Kier alpha value is -1.09. The van der Waals surface area contributed by atoms with E-state index in [4.69, 9.17) is 0 Å². The van der Waals surface area contributed by atoms with E-state index in [1.807, 2.05) is 12.3 Å². The fourth-order valence-corrected chi connectivity index (χ4v) is 1.43. The van der Waals surface area contributed by atoms with Gasteiger partial charge in [0, 0.05) is 32.4 Å². The van der Waals surface area contributed by atoms with E-state index in [2.05, 4.69) is 28.3 Å². The van der Waals surface area contributed by atoms with Crippen LogP contribution in [0.4, 0.5) is 5.69 Å². The van der Waals surface area contributed by atoms with Crippen LogP contribution in [-0.2, 0) is 0 Å². The molecule has 1 aromatic rings. The topological polar surface area (TPSA) is 28.2 Å². The number of nitrogens with one attached hydrogen (secondary N) is 1. The lowest BCUT2D eigenvalue weighted by molar-refractivity contribution is 0.675. The quantitative estimate of drug-likeness (QED) is 0.759. The van der Waals surface area contributed by atoms with Gasteiger partial charge in [0.15, 0.2) is 0 Å². The Kier molecular flexibility index (Phi) is 2.99. The van der Waals surface area contributed by atoms with Gasteiger partial charge >= 0.3 is 0 Å². The van der Waals surface area contributed by atoms with Gasteiger partial charge in [-0.05, 0) is 25.0 Å². The molecule has 3 heteroatoms. The molecule has 0 unspecified atom stereocenters.